The number of fused-ring (bicyclic) bond motifs is 1. The molecule has 2 aromatic carbocycles. The fourth-order valence-corrected chi connectivity index (χ4v) is 4.94. The van der Waals surface area contributed by atoms with Crippen LogP contribution in [0.4, 0.5) is 9.52 Å². The largest absolute Gasteiger partial charge is 0.357 e. The van der Waals surface area contributed by atoms with Gasteiger partial charge in [-0.1, -0.05) is 29.5 Å². The molecular formula is C23H20FN5OS. The predicted molar refractivity (Wildman–Crippen MR) is 120 cm³/mol. The Balaban J connectivity index is 1.33. The Morgan fingerprint density at radius 3 is 2.71 bits per heavy atom. The highest BCUT2D eigenvalue weighted by molar-refractivity contribution is 7.22. The summed E-state index contributed by atoms with van der Waals surface area (Å²) in [6.45, 7) is 0. The minimum absolute atomic E-state index is 0.0269. The third-order valence-corrected chi connectivity index (χ3v) is 6.42. The lowest BCUT2D eigenvalue weighted by Crippen LogP contribution is -2.43. The quantitative estimate of drug-likeness (QED) is 0.479. The Morgan fingerprint density at radius 2 is 1.84 bits per heavy atom. The minimum Gasteiger partial charge on any atom is -0.357 e. The molecule has 156 valence electrons. The second-order valence-electron chi connectivity index (χ2n) is 7.51. The highest BCUT2D eigenvalue weighted by atomic mass is 32.1. The van der Waals surface area contributed by atoms with E-state index in [4.69, 9.17) is 0 Å². The number of amides is 1. The van der Waals surface area contributed by atoms with Crippen LogP contribution in [0.15, 0.2) is 60.9 Å². The van der Waals surface area contributed by atoms with Crippen molar-refractivity contribution in [3.05, 3.63) is 72.3 Å². The molecule has 1 saturated carbocycles. The van der Waals surface area contributed by atoms with Crippen molar-refractivity contribution in [1.82, 2.24) is 20.3 Å². The van der Waals surface area contributed by atoms with Gasteiger partial charge in [0.25, 0.3) is 5.91 Å². The smallest absolute Gasteiger partial charge is 0.252 e. The van der Waals surface area contributed by atoms with Gasteiger partial charge in [0.1, 0.15) is 5.82 Å². The molecule has 0 spiro atoms. The zero-order valence-electron chi connectivity index (χ0n) is 16.6. The molecule has 1 aliphatic carbocycles. The minimum atomic E-state index is -0.269. The number of carbonyl (C=O) groups excluding carboxylic acids is 1. The third-order valence-electron chi connectivity index (χ3n) is 5.47. The first-order chi connectivity index (χ1) is 15.2. The SMILES string of the molecule is O=C(N[C@@H]1CCC[C@H]1Nc1nc2ccc(F)cc2s1)c1ccccc1-c1ncccn1. The van der Waals surface area contributed by atoms with E-state index in [2.05, 4.69) is 25.6 Å². The van der Waals surface area contributed by atoms with Crippen LogP contribution in [0.25, 0.3) is 21.6 Å². The highest BCUT2D eigenvalue weighted by Crippen LogP contribution is 2.30. The standard InChI is InChI=1S/C23H20FN5OS/c24-14-9-10-19-20(13-14)31-23(29-19)28-18-8-3-7-17(18)27-22(30)16-6-2-1-5-15(16)21-25-11-4-12-26-21/h1-2,4-6,9-13,17-18H,3,7-8H2,(H,27,30)(H,28,29)/t17-,18-/m1/s1. The lowest BCUT2D eigenvalue weighted by molar-refractivity contribution is 0.0936. The van der Waals surface area contributed by atoms with E-state index in [1.54, 1.807) is 30.6 Å². The van der Waals surface area contributed by atoms with Crippen molar-refractivity contribution in [1.29, 1.82) is 0 Å². The lowest BCUT2D eigenvalue weighted by atomic mass is 10.0. The summed E-state index contributed by atoms with van der Waals surface area (Å²) in [6.07, 6.45) is 6.15. The molecule has 1 amide bonds. The van der Waals surface area contributed by atoms with Crippen LogP contribution in [0.2, 0.25) is 0 Å². The summed E-state index contributed by atoms with van der Waals surface area (Å²) in [5, 5.41) is 7.37. The van der Waals surface area contributed by atoms with Gasteiger partial charge in [0.2, 0.25) is 0 Å². The van der Waals surface area contributed by atoms with Gasteiger partial charge in [-0.2, -0.15) is 0 Å². The first kappa shape index (κ1) is 19.6. The normalized spacial score (nSPS) is 18.2. The van der Waals surface area contributed by atoms with Gasteiger partial charge in [0.15, 0.2) is 11.0 Å². The Bertz CT molecular complexity index is 1230. The second kappa shape index (κ2) is 8.39. The van der Waals surface area contributed by atoms with Gasteiger partial charge in [-0.3, -0.25) is 4.79 Å². The van der Waals surface area contributed by atoms with Gasteiger partial charge in [-0.25, -0.2) is 19.3 Å². The number of hydrogen-bond acceptors (Lipinski definition) is 6. The first-order valence-electron chi connectivity index (χ1n) is 10.2. The zero-order chi connectivity index (χ0) is 21.2. The van der Waals surface area contributed by atoms with E-state index in [1.807, 2.05) is 18.2 Å². The Morgan fingerprint density at radius 1 is 1.03 bits per heavy atom. The van der Waals surface area contributed by atoms with Crippen LogP contribution in [0.5, 0.6) is 0 Å². The Hall–Kier alpha value is -3.39. The van der Waals surface area contributed by atoms with Crippen molar-refractivity contribution >= 4 is 32.6 Å². The van der Waals surface area contributed by atoms with Crippen LogP contribution in [-0.4, -0.2) is 32.9 Å². The molecule has 0 aliphatic heterocycles. The molecule has 2 aromatic heterocycles. The summed E-state index contributed by atoms with van der Waals surface area (Å²) < 4.78 is 14.3. The van der Waals surface area contributed by atoms with Crippen LogP contribution < -0.4 is 10.6 Å². The van der Waals surface area contributed by atoms with E-state index >= 15 is 0 Å². The molecule has 2 N–H and O–H groups in total. The van der Waals surface area contributed by atoms with Crippen LogP contribution in [-0.2, 0) is 0 Å². The number of hydrogen-bond donors (Lipinski definition) is 2. The number of anilines is 1. The number of thiazole rings is 1. The van der Waals surface area contributed by atoms with E-state index in [9.17, 15) is 9.18 Å². The monoisotopic (exact) mass is 433 g/mol. The van der Waals surface area contributed by atoms with Gasteiger partial charge < -0.3 is 10.6 Å². The summed E-state index contributed by atoms with van der Waals surface area (Å²) in [5.41, 5.74) is 2.02. The summed E-state index contributed by atoms with van der Waals surface area (Å²) >= 11 is 1.42. The fourth-order valence-electron chi connectivity index (χ4n) is 3.98. The average Bonchev–Trinajstić information content (AvgIpc) is 3.40. The summed E-state index contributed by atoms with van der Waals surface area (Å²) in [5.74, 6) is 0.110. The zero-order valence-corrected chi connectivity index (χ0v) is 17.4. The molecule has 0 bridgehead atoms. The van der Waals surface area contributed by atoms with E-state index in [1.165, 1.54) is 23.5 Å². The van der Waals surface area contributed by atoms with E-state index in [-0.39, 0.29) is 23.8 Å². The number of carbonyl (C=O) groups is 1. The van der Waals surface area contributed by atoms with Gasteiger partial charge in [-0.05, 0) is 49.6 Å². The molecule has 2 heterocycles. The lowest BCUT2D eigenvalue weighted by Gasteiger charge is -2.22. The van der Waals surface area contributed by atoms with Gasteiger partial charge >= 0.3 is 0 Å². The number of nitrogens with zero attached hydrogens (tertiary/aromatic N) is 3. The second-order valence-corrected chi connectivity index (χ2v) is 8.54. The molecule has 0 radical (unpaired) electrons. The molecular weight excluding hydrogens is 413 g/mol. The number of rotatable bonds is 5. The van der Waals surface area contributed by atoms with Gasteiger partial charge in [0.05, 0.1) is 15.8 Å². The molecule has 5 rings (SSSR count). The van der Waals surface area contributed by atoms with E-state index < -0.39 is 0 Å². The van der Waals surface area contributed by atoms with Crippen molar-refractivity contribution in [3.8, 4) is 11.4 Å². The molecule has 4 aromatic rings. The molecule has 8 heteroatoms. The van der Waals surface area contributed by atoms with Crippen molar-refractivity contribution in [2.75, 3.05) is 5.32 Å². The van der Waals surface area contributed by atoms with Gasteiger partial charge in [0, 0.05) is 30.0 Å². The summed E-state index contributed by atoms with van der Waals surface area (Å²) in [4.78, 5) is 26.2. The number of benzene rings is 2. The molecule has 0 unspecified atom stereocenters. The molecule has 1 aliphatic rings. The van der Waals surface area contributed by atoms with Crippen LogP contribution >= 0.6 is 11.3 Å². The number of halogens is 1. The summed E-state index contributed by atoms with van der Waals surface area (Å²) in [6, 6.07) is 13.7. The number of nitrogens with one attached hydrogen (secondary N) is 2. The highest BCUT2D eigenvalue weighted by Gasteiger charge is 2.30. The van der Waals surface area contributed by atoms with Gasteiger partial charge in [-0.15, -0.1) is 0 Å². The first-order valence-corrected chi connectivity index (χ1v) is 11.0. The van der Waals surface area contributed by atoms with Crippen molar-refractivity contribution in [2.45, 2.75) is 31.3 Å². The van der Waals surface area contributed by atoms with E-state index in [0.29, 0.717) is 17.0 Å². The molecule has 31 heavy (non-hydrogen) atoms. The van der Waals surface area contributed by atoms with Crippen LogP contribution in [0, 0.1) is 5.82 Å². The fraction of sp³-hybridized carbons (Fsp3) is 0.217. The average molecular weight is 434 g/mol. The summed E-state index contributed by atoms with van der Waals surface area (Å²) in [7, 11) is 0. The van der Waals surface area contributed by atoms with E-state index in [0.717, 1.165) is 34.6 Å². The van der Waals surface area contributed by atoms with Crippen LogP contribution in [0.3, 0.4) is 0 Å². The molecule has 1 fully saturated rings. The molecule has 6 nitrogen and oxygen atoms in total. The van der Waals surface area contributed by atoms with Crippen molar-refractivity contribution in [2.24, 2.45) is 0 Å². The van der Waals surface area contributed by atoms with Crippen molar-refractivity contribution < 1.29 is 9.18 Å². The third kappa shape index (κ3) is 4.11. The molecule has 2 atom stereocenters. The predicted octanol–water partition coefficient (Wildman–Crippen LogP) is 4.66. The Labute approximate surface area is 182 Å². The maximum atomic E-state index is 13.5. The maximum Gasteiger partial charge on any atom is 0.252 e. The molecule has 0 saturated heterocycles. The van der Waals surface area contributed by atoms with Crippen molar-refractivity contribution in [3.63, 3.8) is 0 Å². The number of aromatic nitrogens is 3. The topological polar surface area (TPSA) is 79.8 Å². The maximum absolute atomic E-state index is 13.5. The van der Waals surface area contributed by atoms with Crippen LogP contribution in [0.1, 0.15) is 29.6 Å². The Kier molecular flexibility index (Phi) is 5.30.